The molecule has 1 rings (SSSR count). The number of hydrogen-bond donors (Lipinski definition) is 1. The first-order chi connectivity index (χ1) is 6.77. The molecule has 2 nitrogen and oxygen atoms in total. The standard InChI is InChI=1S/C11H16FNO/c1-2-3-11(13)9-4-6-10(7-5-9)14-8-12/h4-7,11H,2-3,8,13H2,1H3. The van der Waals surface area contributed by atoms with Crippen LogP contribution in [0.25, 0.3) is 0 Å². The van der Waals surface area contributed by atoms with Crippen LogP contribution in [-0.4, -0.2) is 6.86 Å². The minimum atomic E-state index is -0.791. The van der Waals surface area contributed by atoms with Gasteiger partial charge in [-0.2, -0.15) is 0 Å². The minimum Gasteiger partial charge on any atom is -0.463 e. The molecule has 0 aliphatic rings. The molecule has 1 aromatic carbocycles. The highest BCUT2D eigenvalue weighted by molar-refractivity contribution is 5.28. The molecule has 0 fully saturated rings. The molecule has 78 valence electrons. The van der Waals surface area contributed by atoms with Crippen LogP contribution in [0, 0.1) is 0 Å². The lowest BCUT2D eigenvalue weighted by Crippen LogP contribution is -2.09. The van der Waals surface area contributed by atoms with Gasteiger partial charge in [0.1, 0.15) is 5.75 Å². The Balaban J connectivity index is 2.62. The van der Waals surface area contributed by atoms with E-state index in [1.807, 2.05) is 12.1 Å². The van der Waals surface area contributed by atoms with Gasteiger partial charge in [0.25, 0.3) is 0 Å². The van der Waals surface area contributed by atoms with Crippen molar-refractivity contribution in [2.75, 3.05) is 6.86 Å². The Kier molecular flexibility index (Phi) is 4.40. The van der Waals surface area contributed by atoms with Gasteiger partial charge < -0.3 is 10.5 Å². The third-order valence-corrected chi connectivity index (χ3v) is 2.13. The number of halogens is 1. The smallest absolute Gasteiger partial charge is 0.228 e. The SMILES string of the molecule is CCCC(N)c1ccc(OCF)cc1. The quantitative estimate of drug-likeness (QED) is 0.787. The van der Waals surface area contributed by atoms with Gasteiger partial charge in [-0.3, -0.25) is 0 Å². The van der Waals surface area contributed by atoms with E-state index in [0.717, 1.165) is 18.4 Å². The van der Waals surface area contributed by atoms with Gasteiger partial charge in [0, 0.05) is 6.04 Å². The summed E-state index contributed by atoms with van der Waals surface area (Å²) in [6, 6.07) is 7.31. The Morgan fingerprint density at radius 3 is 2.50 bits per heavy atom. The van der Waals surface area contributed by atoms with Crippen LogP contribution in [0.3, 0.4) is 0 Å². The van der Waals surface area contributed by atoms with Gasteiger partial charge in [-0.25, -0.2) is 4.39 Å². The van der Waals surface area contributed by atoms with Crippen molar-refractivity contribution in [1.29, 1.82) is 0 Å². The molecule has 0 spiro atoms. The van der Waals surface area contributed by atoms with E-state index in [2.05, 4.69) is 6.92 Å². The average molecular weight is 197 g/mol. The van der Waals surface area contributed by atoms with E-state index in [0.29, 0.717) is 5.75 Å². The van der Waals surface area contributed by atoms with Gasteiger partial charge in [-0.05, 0) is 24.1 Å². The Labute approximate surface area is 83.9 Å². The average Bonchev–Trinajstić information content (AvgIpc) is 2.20. The predicted molar refractivity (Wildman–Crippen MR) is 54.9 cm³/mol. The van der Waals surface area contributed by atoms with Crippen molar-refractivity contribution in [3.05, 3.63) is 29.8 Å². The van der Waals surface area contributed by atoms with Gasteiger partial charge in [0.2, 0.25) is 6.86 Å². The Hall–Kier alpha value is -1.09. The van der Waals surface area contributed by atoms with Gasteiger partial charge in [0.15, 0.2) is 0 Å². The van der Waals surface area contributed by atoms with Crippen LogP contribution in [0.2, 0.25) is 0 Å². The van der Waals surface area contributed by atoms with E-state index < -0.39 is 6.86 Å². The summed E-state index contributed by atoms with van der Waals surface area (Å²) in [5.74, 6) is 0.542. The van der Waals surface area contributed by atoms with Gasteiger partial charge in [-0.1, -0.05) is 25.5 Å². The number of nitrogens with two attached hydrogens (primary N) is 1. The third-order valence-electron chi connectivity index (χ3n) is 2.13. The lowest BCUT2D eigenvalue weighted by molar-refractivity contribution is 0.191. The maximum absolute atomic E-state index is 11.8. The monoisotopic (exact) mass is 197 g/mol. The summed E-state index contributed by atoms with van der Waals surface area (Å²) >= 11 is 0. The van der Waals surface area contributed by atoms with Crippen molar-refractivity contribution in [1.82, 2.24) is 0 Å². The number of alkyl halides is 1. The van der Waals surface area contributed by atoms with Crippen LogP contribution in [0.1, 0.15) is 31.4 Å². The van der Waals surface area contributed by atoms with Crippen molar-refractivity contribution in [2.24, 2.45) is 5.73 Å². The molecule has 3 heteroatoms. The van der Waals surface area contributed by atoms with Crippen molar-refractivity contribution in [3.8, 4) is 5.75 Å². The van der Waals surface area contributed by atoms with E-state index >= 15 is 0 Å². The Morgan fingerprint density at radius 2 is 2.00 bits per heavy atom. The zero-order chi connectivity index (χ0) is 10.4. The van der Waals surface area contributed by atoms with Crippen molar-refractivity contribution in [2.45, 2.75) is 25.8 Å². The molecule has 0 radical (unpaired) electrons. The molecule has 0 aromatic heterocycles. The van der Waals surface area contributed by atoms with Gasteiger partial charge >= 0.3 is 0 Å². The Morgan fingerprint density at radius 1 is 1.36 bits per heavy atom. The third kappa shape index (κ3) is 3.00. The first-order valence-electron chi connectivity index (χ1n) is 4.82. The molecule has 0 aliphatic heterocycles. The minimum absolute atomic E-state index is 0.0689. The fraction of sp³-hybridized carbons (Fsp3) is 0.455. The molecule has 0 amide bonds. The number of ether oxygens (including phenoxy) is 1. The van der Waals surface area contributed by atoms with Crippen LogP contribution in [0.4, 0.5) is 4.39 Å². The molecular formula is C11H16FNO. The molecule has 0 saturated carbocycles. The summed E-state index contributed by atoms with van der Waals surface area (Å²) in [5.41, 5.74) is 6.98. The molecule has 1 unspecified atom stereocenters. The van der Waals surface area contributed by atoms with Crippen LogP contribution in [0.15, 0.2) is 24.3 Å². The summed E-state index contributed by atoms with van der Waals surface area (Å²) in [5, 5.41) is 0. The highest BCUT2D eigenvalue weighted by atomic mass is 19.1. The topological polar surface area (TPSA) is 35.2 Å². The second-order valence-corrected chi connectivity index (χ2v) is 3.22. The van der Waals surface area contributed by atoms with E-state index in [1.165, 1.54) is 0 Å². The molecule has 0 saturated heterocycles. The van der Waals surface area contributed by atoms with Crippen LogP contribution in [-0.2, 0) is 0 Å². The highest BCUT2D eigenvalue weighted by Gasteiger charge is 2.04. The highest BCUT2D eigenvalue weighted by Crippen LogP contribution is 2.19. The van der Waals surface area contributed by atoms with Crippen LogP contribution < -0.4 is 10.5 Å². The number of benzene rings is 1. The van der Waals surface area contributed by atoms with Crippen molar-refractivity contribution >= 4 is 0 Å². The molecule has 14 heavy (non-hydrogen) atoms. The first kappa shape index (κ1) is 11.0. The summed E-state index contributed by atoms with van der Waals surface area (Å²) in [4.78, 5) is 0. The van der Waals surface area contributed by atoms with Crippen LogP contribution >= 0.6 is 0 Å². The van der Waals surface area contributed by atoms with E-state index in [4.69, 9.17) is 10.5 Å². The predicted octanol–water partition coefficient (Wildman–Crippen LogP) is 2.79. The van der Waals surface area contributed by atoms with E-state index in [9.17, 15) is 4.39 Å². The van der Waals surface area contributed by atoms with Crippen molar-refractivity contribution in [3.63, 3.8) is 0 Å². The first-order valence-corrected chi connectivity index (χ1v) is 4.82. The summed E-state index contributed by atoms with van der Waals surface area (Å²) < 4.78 is 16.5. The summed E-state index contributed by atoms with van der Waals surface area (Å²) in [7, 11) is 0. The summed E-state index contributed by atoms with van der Waals surface area (Å²) in [6.07, 6.45) is 2.02. The molecule has 1 atom stereocenters. The fourth-order valence-electron chi connectivity index (χ4n) is 1.35. The number of rotatable bonds is 5. The van der Waals surface area contributed by atoms with E-state index in [-0.39, 0.29) is 6.04 Å². The molecule has 0 heterocycles. The second kappa shape index (κ2) is 5.60. The zero-order valence-electron chi connectivity index (χ0n) is 8.37. The molecule has 0 aliphatic carbocycles. The molecule has 0 bridgehead atoms. The summed E-state index contributed by atoms with van der Waals surface area (Å²) in [6.45, 7) is 1.31. The maximum atomic E-state index is 11.8. The number of hydrogen-bond acceptors (Lipinski definition) is 2. The second-order valence-electron chi connectivity index (χ2n) is 3.22. The molecular weight excluding hydrogens is 181 g/mol. The van der Waals surface area contributed by atoms with Crippen LogP contribution in [0.5, 0.6) is 5.75 Å². The lowest BCUT2D eigenvalue weighted by Gasteiger charge is -2.10. The van der Waals surface area contributed by atoms with Crippen molar-refractivity contribution < 1.29 is 9.13 Å². The largest absolute Gasteiger partial charge is 0.463 e. The van der Waals surface area contributed by atoms with Gasteiger partial charge in [0.05, 0.1) is 0 Å². The Bertz CT molecular complexity index is 260. The van der Waals surface area contributed by atoms with E-state index in [1.54, 1.807) is 12.1 Å². The maximum Gasteiger partial charge on any atom is 0.228 e. The zero-order valence-corrected chi connectivity index (χ0v) is 8.37. The van der Waals surface area contributed by atoms with Gasteiger partial charge in [-0.15, -0.1) is 0 Å². The fourth-order valence-corrected chi connectivity index (χ4v) is 1.35. The molecule has 1 aromatic rings. The lowest BCUT2D eigenvalue weighted by atomic mass is 10.0. The molecule has 2 N–H and O–H groups in total. The normalized spacial score (nSPS) is 12.5.